The van der Waals surface area contributed by atoms with Crippen LogP contribution in [0.15, 0.2) is 16.0 Å². The van der Waals surface area contributed by atoms with E-state index in [4.69, 9.17) is 4.74 Å². The van der Waals surface area contributed by atoms with Gasteiger partial charge in [0, 0.05) is 11.8 Å². The number of ether oxygens (including phenoxy) is 1. The first-order valence-corrected chi connectivity index (χ1v) is 9.24. The van der Waals surface area contributed by atoms with Crippen molar-refractivity contribution in [2.45, 2.75) is 58.2 Å². The van der Waals surface area contributed by atoms with Gasteiger partial charge in [-0.2, -0.15) is 0 Å². The number of nitrogens with zero attached hydrogens (tertiary/aromatic N) is 1. The van der Waals surface area contributed by atoms with Crippen LogP contribution >= 0.6 is 11.8 Å². The topological polar surface area (TPSA) is 72.0 Å². The number of hydrogen-bond donors (Lipinski definition) is 1. The molecule has 23 heavy (non-hydrogen) atoms. The van der Waals surface area contributed by atoms with E-state index in [1.54, 1.807) is 6.92 Å². The highest BCUT2D eigenvalue weighted by Gasteiger charge is 2.33. The monoisotopic (exact) mass is 338 g/mol. The maximum Gasteiger partial charge on any atom is 0.316 e. The quantitative estimate of drug-likeness (QED) is 0.507. The van der Waals surface area contributed by atoms with Crippen molar-refractivity contribution >= 4 is 17.7 Å². The summed E-state index contributed by atoms with van der Waals surface area (Å²) in [5, 5.41) is 0.462. The van der Waals surface area contributed by atoms with Crippen molar-refractivity contribution in [2.24, 2.45) is 17.8 Å². The summed E-state index contributed by atoms with van der Waals surface area (Å²) in [5.41, 5.74) is 0.444. The Labute approximate surface area is 141 Å². The molecule has 1 aromatic heterocycles. The zero-order valence-corrected chi connectivity index (χ0v) is 15.1. The Bertz CT molecular complexity index is 600. The van der Waals surface area contributed by atoms with Crippen molar-refractivity contribution < 1.29 is 9.53 Å². The van der Waals surface area contributed by atoms with Crippen molar-refractivity contribution in [1.29, 1.82) is 0 Å². The summed E-state index contributed by atoms with van der Waals surface area (Å²) < 4.78 is 5.74. The highest BCUT2D eigenvalue weighted by atomic mass is 32.2. The fourth-order valence-corrected chi connectivity index (χ4v) is 3.90. The molecule has 0 bridgehead atoms. The number of aryl methyl sites for hydroxylation is 1. The van der Waals surface area contributed by atoms with Crippen molar-refractivity contribution in [1.82, 2.24) is 9.97 Å². The molecule has 0 aromatic carbocycles. The first-order valence-electron chi connectivity index (χ1n) is 8.25. The first kappa shape index (κ1) is 18.0. The summed E-state index contributed by atoms with van der Waals surface area (Å²) in [4.78, 5) is 30.4. The van der Waals surface area contributed by atoms with Gasteiger partial charge in [0.15, 0.2) is 5.16 Å². The van der Waals surface area contributed by atoms with E-state index in [-0.39, 0.29) is 23.4 Å². The summed E-state index contributed by atoms with van der Waals surface area (Å²) in [5.74, 6) is 1.50. The van der Waals surface area contributed by atoms with E-state index in [2.05, 4.69) is 30.7 Å². The third-order valence-electron chi connectivity index (χ3n) is 4.42. The van der Waals surface area contributed by atoms with Gasteiger partial charge in [0.2, 0.25) is 0 Å². The second kappa shape index (κ2) is 7.99. The summed E-state index contributed by atoms with van der Waals surface area (Å²) in [7, 11) is 0. The van der Waals surface area contributed by atoms with Gasteiger partial charge in [0.1, 0.15) is 6.10 Å². The normalized spacial score (nSPS) is 24.7. The molecule has 0 aliphatic heterocycles. The fourth-order valence-electron chi connectivity index (χ4n) is 3.20. The standard InChI is InChI=1S/C17H26N2O3S/c1-10(2)13-6-5-11(3)7-14(13)22-16(21)9-23-17-18-12(4)8-15(20)19-17/h8,10-11,13-14H,5-7,9H2,1-4H3,(H,18,19,20)/t11-,13+,14+/m0/s1. The number of nitrogens with one attached hydrogen (secondary N) is 1. The minimum atomic E-state index is -0.232. The molecule has 128 valence electrons. The van der Waals surface area contributed by atoms with Crippen LogP contribution in [0.2, 0.25) is 0 Å². The molecule has 1 fully saturated rings. The van der Waals surface area contributed by atoms with Gasteiger partial charge in [-0.25, -0.2) is 4.98 Å². The van der Waals surface area contributed by atoms with E-state index in [0.29, 0.717) is 28.6 Å². The zero-order chi connectivity index (χ0) is 17.0. The van der Waals surface area contributed by atoms with E-state index in [0.717, 1.165) is 12.8 Å². The third kappa shape index (κ3) is 5.37. The molecule has 1 heterocycles. The largest absolute Gasteiger partial charge is 0.461 e. The van der Waals surface area contributed by atoms with Crippen LogP contribution < -0.4 is 5.56 Å². The Hall–Kier alpha value is -1.30. The molecule has 0 spiro atoms. The molecule has 0 saturated heterocycles. The molecule has 5 nitrogen and oxygen atoms in total. The van der Waals surface area contributed by atoms with Crippen LogP contribution in [0.25, 0.3) is 0 Å². The van der Waals surface area contributed by atoms with E-state index in [1.165, 1.54) is 24.2 Å². The highest BCUT2D eigenvalue weighted by Crippen LogP contribution is 2.35. The van der Waals surface area contributed by atoms with Gasteiger partial charge in [-0.15, -0.1) is 0 Å². The molecule has 3 atom stereocenters. The van der Waals surface area contributed by atoms with E-state index in [1.807, 2.05) is 0 Å². The number of aromatic nitrogens is 2. The molecule has 6 heteroatoms. The number of rotatable bonds is 5. The van der Waals surface area contributed by atoms with Gasteiger partial charge in [-0.1, -0.05) is 39.0 Å². The molecule has 1 aliphatic rings. The summed E-state index contributed by atoms with van der Waals surface area (Å²) in [6.07, 6.45) is 3.28. The number of H-pyrrole nitrogens is 1. The Morgan fingerprint density at radius 1 is 1.48 bits per heavy atom. The molecule has 0 unspecified atom stereocenters. The number of thioether (sulfide) groups is 1. The summed E-state index contributed by atoms with van der Waals surface area (Å²) in [6.45, 7) is 8.36. The van der Waals surface area contributed by atoms with Gasteiger partial charge in [-0.3, -0.25) is 9.59 Å². The van der Waals surface area contributed by atoms with Crippen LogP contribution in [-0.4, -0.2) is 27.8 Å². The predicted octanol–water partition coefficient (Wildman–Crippen LogP) is 3.17. The lowest BCUT2D eigenvalue weighted by Gasteiger charge is -2.36. The number of hydrogen-bond acceptors (Lipinski definition) is 5. The van der Waals surface area contributed by atoms with Gasteiger partial charge < -0.3 is 9.72 Å². The Kier molecular flexibility index (Phi) is 6.27. The molecule has 0 radical (unpaired) electrons. The van der Waals surface area contributed by atoms with Crippen molar-refractivity contribution in [2.75, 3.05) is 5.75 Å². The second-order valence-corrected chi connectivity index (χ2v) is 7.80. The Morgan fingerprint density at radius 3 is 2.87 bits per heavy atom. The molecule has 1 aliphatic carbocycles. The van der Waals surface area contributed by atoms with Crippen molar-refractivity contribution in [3.8, 4) is 0 Å². The van der Waals surface area contributed by atoms with E-state index < -0.39 is 0 Å². The lowest BCUT2D eigenvalue weighted by Crippen LogP contribution is -2.36. The highest BCUT2D eigenvalue weighted by molar-refractivity contribution is 7.99. The molecule has 2 rings (SSSR count). The average molecular weight is 338 g/mol. The first-order chi connectivity index (χ1) is 10.8. The number of carbonyl (C=O) groups is 1. The Morgan fingerprint density at radius 2 is 2.22 bits per heavy atom. The van der Waals surface area contributed by atoms with Gasteiger partial charge in [-0.05, 0) is 37.5 Å². The number of esters is 1. The zero-order valence-electron chi connectivity index (χ0n) is 14.3. The molecular weight excluding hydrogens is 312 g/mol. The van der Waals surface area contributed by atoms with Crippen LogP contribution in [0.5, 0.6) is 0 Å². The third-order valence-corrected chi connectivity index (χ3v) is 5.27. The van der Waals surface area contributed by atoms with Crippen LogP contribution in [-0.2, 0) is 9.53 Å². The lowest BCUT2D eigenvalue weighted by atomic mass is 9.75. The SMILES string of the molecule is Cc1cc(=O)[nH]c(SCC(=O)O[C@@H]2C[C@@H](C)CC[C@@H]2C(C)C)n1. The van der Waals surface area contributed by atoms with Crippen molar-refractivity contribution in [3.63, 3.8) is 0 Å². The van der Waals surface area contributed by atoms with E-state index >= 15 is 0 Å². The van der Waals surface area contributed by atoms with Gasteiger partial charge >= 0.3 is 5.97 Å². The van der Waals surface area contributed by atoms with Crippen LogP contribution in [0, 0.1) is 24.7 Å². The lowest BCUT2D eigenvalue weighted by molar-refractivity contribution is -0.152. The molecule has 1 saturated carbocycles. The van der Waals surface area contributed by atoms with E-state index in [9.17, 15) is 9.59 Å². The smallest absolute Gasteiger partial charge is 0.316 e. The number of carbonyl (C=O) groups excluding carboxylic acids is 1. The van der Waals surface area contributed by atoms with Crippen LogP contribution in [0.4, 0.5) is 0 Å². The minimum Gasteiger partial charge on any atom is -0.461 e. The number of aromatic amines is 1. The molecule has 1 aromatic rings. The van der Waals surface area contributed by atoms with Crippen LogP contribution in [0.3, 0.4) is 0 Å². The van der Waals surface area contributed by atoms with Crippen molar-refractivity contribution in [3.05, 3.63) is 22.1 Å². The summed E-state index contributed by atoms with van der Waals surface area (Å²) in [6, 6.07) is 1.43. The fraction of sp³-hybridized carbons (Fsp3) is 0.706. The predicted molar refractivity (Wildman–Crippen MR) is 91.5 cm³/mol. The molecular formula is C17H26N2O3S. The van der Waals surface area contributed by atoms with Gasteiger partial charge in [0.25, 0.3) is 5.56 Å². The molecule has 0 amide bonds. The maximum atomic E-state index is 12.2. The van der Waals surface area contributed by atoms with Crippen LogP contribution in [0.1, 0.15) is 45.7 Å². The minimum absolute atomic E-state index is 0.0105. The summed E-state index contributed by atoms with van der Waals surface area (Å²) >= 11 is 1.21. The van der Waals surface area contributed by atoms with Gasteiger partial charge in [0.05, 0.1) is 5.75 Å². The average Bonchev–Trinajstić information content (AvgIpc) is 2.44. The maximum absolute atomic E-state index is 12.2. The second-order valence-electron chi connectivity index (χ2n) is 6.84. The Balaban J connectivity index is 1.91. The molecule has 1 N–H and O–H groups in total.